The van der Waals surface area contributed by atoms with Gasteiger partial charge in [0.05, 0.1) is 12.0 Å². The maximum Gasteiger partial charge on any atom is 0.295 e. The summed E-state index contributed by atoms with van der Waals surface area (Å²) in [7, 11) is 1.60. The highest BCUT2D eigenvalue weighted by atomic mass is 35.5. The molecule has 30 heteroatoms. The van der Waals surface area contributed by atoms with Crippen molar-refractivity contribution in [3.05, 3.63) is 425 Å². The number of fused-ring (bicyclic) bond motifs is 5. The van der Waals surface area contributed by atoms with Crippen LogP contribution in [0, 0.1) is 10.1 Å². The molecule has 29 nitrogen and oxygen atoms in total. The van der Waals surface area contributed by atoms with Gasteiger partial charge in [-0.05, 0) is 109 Å². The summed E-state index contributed by atoms with van der Waals surface area (Å²) in [5.41, 5.74) is 6.89. The zero-order valence-electron chi connectivity index (χ0n) is 80.0. The van der Waals surface area contributed by atoms with E-state index in [1.165, 1.54) is 24.3 Å². The molecule has 5 fully saturated rings. The van der Waals surface area contributed by atoms with Crippen molar-refractivity contribution in [2.45, 2.75) is 158 Å². The first kappa shape index (κ1) is 98.6. The van der Waals surface area contributed by atoms with Crippen LogP contribution in [0.2, 0.25) is 5.02 Å². The van der Waals surface area contributed by atoms with Gasteiger partial charge in [-0.15, -0.1) is 0 Å². The van der Waals surface area contributed by atoms with E-state index in [4.69, 9.17) is 97.4 Å². The number of halogens is 1. The maximum absolute atomic E-state index is 13.3. The van der Waals surface area contributed by atoms with Crippen LogP contribution in [-0.4, -0.2) is 150 Å². The average Bonchev–Trinajstić information content (AvgIpc) is 1.56. The quantitative estimate of drug-likeness (QED) is 0.0276. The molecule has 0 spiro atoms. The number of ketones is 5. The highest BCUT2D eigenvalue weighted by Crippen LogP contribution is 2.57. The Balaban J connectivity index is 0.000000118. The number of nitro benzene ring substituents is 1. The van der Waals surface area contributed by atoms with Crippen molar-refractivity contribution in [1.29, 1.82) is 0 Å². The predicted octanol–water partition coefficient (Wildman–Crippen LogP) is 20.3. The van der Waals surface area contributed by atoms with Gasteiger partial charge in [0.15, 0.2) is 92.4 Å². The molecular weight excluding hydrogens is 1840 g/mol. The monoisotopic (exact) mass is 1950 g/mol. The number of ether oxygens (including phenoxy) is 16. The largest absolute Gasteiger partial charge is 0.497 e. The molecule has 0 amide bonds. The van der Waals surface area contributed by atoms with Gasteiger partial charge in [0.1, 0.15) is 5.75 Å². The van der Waals surface area contributed by atoms with Gasteiger partial charge in [0.2, 0.25) is 22.9 Å². The molecule has 0 saturated carbocycles. The van der Waals surface area contributed by atoms with Gasteiger partial charge in [-0.3, -0.25) is 34.1 Å². The number of rotatable bonds is 26. The van der Waals surface area contributed by atoms with Crippen LogP contribution in [0.4, 0.5) is 5.69 Å². The zero-order chi connectivity index (χ0) is 100. The van der Waals surface area contributed by atoms with Crippen molar-refractivity contribution in [3.8, 4) is 5.75 Å². The van der Waals surface area contributed by atoms with Crippen LogP contribution in [0.1, 0.15) is 187 Å². The van der Waals surface area contributed by atoms with Gasteiger partial charge >= 0.3 is 0 Å². The fourth-order valence-corrected chi connectivity index (χ4v) is 18.6. The Morgan fingerprint density at radius 3 is 0.972 bits per heavy atom. The molecule has 22 rings (SSSR count). The lowest BCUT2D eigenvalue weighted by Gasteiger charge is -2.34. The minimum atomic E-state index is -1.26. The number of hydrogen-bond donors (Lipinski definition) is 0. The first-order valence-electron chi connectivity index (χ1n) is 46.8. The van der Waals surface area contributed by atoms with Gasteiger partial charge in [0.25, 0.3) is 40.3 Å². The lowest BCUT2D eigenvalue weighted by atomic mass is 9.89. The number of benzene rings is 12. The van der Waals surface area contributed by atoms with E-state index >= 15 is 0 Å². The fraction of sp³-hybridized carbons (Fsp3) is 0.274. The summed E-state index contributed by atoms with van der Waals surface area (Å²) in [6.07, 6.45) is 3.11. The second-order valence-electron chi connectivity index (χ2n) is 35.7. The molecule has 12 aromatic carbocycles. The Kier molecular flexibility index (Phi) is 28.1. The SMILES string of the molecule is CC12N=C(Cc3ccccc3C(=O)c3ccc(Cl)cc3)OC1(C)OCO2.CC12N=C(Cc3ccccc3C(=O)c3ccc([N+](=O)[O-])cc3)OC1(C)OCO2.CCC12N=C(Cc3ccccc3C(=O)c3ccccc3)OC1(CC)OCO2.COc1ccc(C(=O)c2ccccc2CC2=NC3(C)OCOC3(C)O2)cc1.O=C(c1ccccc1)c1ccccc1CC1=NC2(c3ccccc3)OCOC2(c2ccccc2)O1. The number of aliphatic imine (C=N–C) groups is 5. The number of carbonyl (C=O) groups is 5. The van der Waals surface area contributed by atoms with Crippen molar-refractivity contribution in [2.75, 3.05) is 41.1 Å². The fourth-order valence-electron chi connectivity index (χ4n) is 18.4. The number of nitro groups is 1. The van der Waals surface area contributed by atoms with Crippen molar-refractivity contribution in [2.24, 2.45) is 25.0 Å². The third-order valence-corrected chi connectivity index (χ3v) is 27.2. The third-order valence-electron chi connectivity index (χ3n) is 26.9. The lowest BCUT2D eigenvalue weighted by Crippen LogP contribution is -2.47. The van der Waals surface area contributed by atoms with E-state index in [1.54, 1.807) is 94.6 Å². The third kappa shape index (κ3) is 19.4. The Morgan fingerprint density at radius 2 is 0.629 bits per heavy atom. The summed E-state index contributed by atoms with van der Waals surface area (Å²) in [5, 5.41) is 11.4. The molecule has 10 aliphatic heterocycles. The zero-order valence-corrected chi connectivity index (χ0v) is 80.7. The summed E-state index contributed by atoms with van der Waals surface area (Å²) < 4.78 is 93.0. The van der Waals surface area contributed by atoms with Crippen LogP contribution in [0.3, 0.4) is 0 Å². The van der Waals surface area contributed by atoms with Crippen molar-refractivity contribution in [1.82, 2.24) is 0 Å². The Morgan fingerprint density at radius 1 is 0.322 bits per heavy atom. The molecule has 12 aromatic rings. The van der Waals surface area contributed by atoms with Gasteiger partial charge in [-0.1, -0.05) is 268 Å². The molecule has 143 heavy (non-hydrogen) atoms. The number of hydrogen-bond acceptors (Lipinski definition) is 28. The minimum Gasteiger partial charge on any atom is -0.497 e. The predicted molar refractivity (Wildman–Crippen MR) is 529 cm³/mol. The molecule has 10 atom stereocenters. The standard InChI is InChI=1S/C30H23NO4.C22H23NO4.C21H21NO5.C20H18ClNO4.C20H18N2O6/c32-28(22-12-4-1-5-13-22)26-19-11-10-14-23(26)20-27-31-29(24-15-6-2-7-16-24)30(35-27,34-21-33-29)25-17-8-3-9-18-25;1-3-21-22(4-2,26-15-25-21)27-19(23-21)14-17-12-8-9-13-18(17)20(24)16-10-6-5-7-11-16;1-20-21(2,26-13-25-20)27-18(22-20)12-15-6-4-5-7-17(15)19(23)14-8-10-16(24-3)11-9-14;1-19-20(2,25-12-24-19)26-17(22-19)11-14-5-3-4-6-16(14)18(23)13-7-9-15(21)10-8-13;1-19-20(2,27-12-26-19)28-17(21-19)11-14-5-3-4-6-16(14)18(23)13-7-9-15(10-8-13)22(24)25/h1-19H,20-21H2;5-13H,3-4,14-15H2,1-2H3;4-11H,12-13H2,1-3H3;3-10H,11-12H2,1-2H3;3-10H,11-12H2,1-2H3. The van der Waals surface area contributed by atoms with Gasteiger partial charge < -0.3 is 75.8 Å². The van der Waals surface area contributed by atoms with Gasteiger partial charge in [-0.2, -0.15) is 0 Å². The highest BCUT2D eigenvalue weighted by molar-refractivity contribution is 6.30. The summed E-state index contributed by atoms with van der Waals surface area (Å²) in [4.78, 5) is 98.7. The minimum absolute atomic E-state index is 0.00657. The second kappa shape index (κ2) is 40.8. The molecular formula is C113H103ClN6O23. The molecule has 0 aliphatic carbocycles. The van der Waals surface area contributed by atoms with Crippen molar-refractivity contribution in [3.63, 3.8) is 0 Å². The molecule has 0 N–H and O–H groups in total. The maximum atomic E-state index is 13.3. The highest BCUT2D eigenvalue weighted by Gasteiger charge is 2.69. The Labute approximate surface area is 830 Å². The van der Waals surface area contributed by atoms with E-state index in [2.05, 4.69) is 15.0 Å². The van der Waals surface area contributed by atoms with Gasteiger partial charge in [0, 0.05) is 150 Å². The molecule has 0 bridgehead atoms. The lowest BCUT2D eigenvalue weighted by molar-refractivity contribution is -0.384. The summed E-state index contributed by atoms with van der Waals surface area (Å²) in [5.74, 6) is -2.26. The Bertz CT molecular complexity index is 6960. The van der Waals surface area contributed by atoms with Crippen LogP contribution in [-0.2, 0) is 115 Å². The molecule has 5 saturated heterocycles. The van der Waals surface area contributed by atoms with Gasteiger partial charge in [-0.25, -0.2) is 25.0 Å². The van der Waals surface area contributed by atoms with Crippen LogP contribution < -0.4 is 4.74 Å². The number of non-ortho nitro benzene ring substituents is 1. The van der Waals surface area contributed by atoms with Crippen molar-refractivity contribution >= 4 is 75.7 Å². The van der Waals surface area contributed by atoms with E-state index in [0.29, 0.717) is 141 Å². The molecule has 730 valence electrons. The topological polar surface area (TPSA) is 338 Å². The van der Waals surface area contributed by atoms with E-state index in [9.17, 15) is 34.1 Å². The van der Waals surface area contributed by atoms with E-state index < -0.39 is 62.5 Å². The first-order chi connectivity index (χ1) is 69.0. The normalized spacial score (nSPS) is 25.5. The molecule has 10 unspecified atom stereocenters. The van der Waals surface area contributed by atoms with Crippen LogP contribution in [0.5, 0.6) is 5.75 Å². The van der Waals surface area contributed by atoms with Crippen LogP contribution in [0.25, 0.3) is 0 Å². The van der Waals surface area contributed by atoms with Crippen LogP contribution in [0.15, 0.2) is 340 Å². The molecule has 0 radical (unpaired) electrons. The van der Waals surface area contributed by atoms with Crippen LogP contribution >= 0.6 is 11.6 Å². The van der Waals surface area contributed by atoms with E-state index in [0.717, 1.165) is 38.9 Å². The summed E-state index contributed by atoms with van der Waals surface area (Å²) in [6, 6.07) is 94.7. The van der Waals surface area contributed by atoms with E-state index in [-0.39, 0.29) is 68.6 Å². The average molecular weight is 1950 g/mol. The summed E-state index contributed by atoms with van der Waals surface area (Å²) in [6.45, 7) is 15.5. The number of carbonyl (C=O) groups excluding carboxylic acids is 5. The first-order valence-corrected chi connectivity index (χ1v) is 47.1. The smallest absolute Gasteiger partial charge is 0.295 e. The second-order valence-corrected chi connectivity index (χ2v) is 36.1. The number of nitrogens with zero attached hydrogens (tertiary/aromatic N) is 6. The van der Waals surface area contributed by atoms with Crippen molar-refractivity contribution < 1.29 is 105 Å². The molecule has 10 heterocycles. The molecule has 10 aliphatic rings. The van der Waals surface area contributed by atoms with E-state index in [1.807, 2.05) is 259 Å². The number of methoxy groups -OCH3 is 1. The Hall–Kier alpha value is -14.6. The summed E-state index contributed by atoms with van der Waals surface area (Å²) >= 11 is 5.91. The molecule has 0 aromatic heterocycles.